The van der Waals surface area contributed by atoms with Crippen LogP contribution in [0, 0.1) is 6.92 Å². The summed E-state index contributed by atoms with van der Waals surface area (Å²) in [6, 6.07) is 17.7. The summed E-state index contributed by atoms with van der Waals surface area (Å²) < 4.78 is 2.32. The summed E-state index contributed by atoms with van der Waals surface area (Å²) in [5, 5.41) is 4.55. The fourth-order valence-corrected chi connectivity index (χ4v) is 4.51. The quantitative estimate of drug-likeness (QED) is 0.534. The zero-order chi connectivity index (χ0) is 20.1. The van der Waals surface area contributed by atoms with Gasteiger partial charge in [-0.2, -0.15) is 0 Å². The predicted molar refractivity (Wildman–Crippen MR) is 120 cm³/mol. The monoisotopic (exact) mass is 388 g/mol. The lowest BCUT2D eigenvalue weighted by molar-refractivity contribution is -0.121. The van der Waals surface area contributed by atoms with Crippen molar-refractivity contribution in [2.24, 2.45) is 0 Å². The molecule has 1 amide bonds. The van der Waals surface area contributed by atoms with E-state index in [2.05, 4.69) is 71.5 Å². The molecule has 0 unspecified atom stereocenters. The molecule has 3 nitrogen and oxygen atoms in total. The first-order valence-electron chi connectivity index (χ1n) is 11.1. The van der Waals surface area contributed by atoms with Crippen molar-refractivity contribution in [3.8, 4) is 0 Å². The molecule has 0 radical (unpaired) electrons. The van der Waals surface area contributed by atoms with Crippen LogP contribution in [0.1, 0.15) is 61.6 Å². The molecule has 1 N–H and O–H groups in total. The molecule has 0 aliphatic heterocycles. The van der Waals surface area contributed by atoms with Crippen molar-refractivity contribution in [3.63, 3.8) is 0 Å². The minimum atomic E-state index is 0.201. The summed E-state index contributed by atoms with van der Waals surface area (Å²) in [5.74, 6) is 0.201. The molecular weight excluding hydrogens is 356 g/mol. The largest absolute Gasteiger partial charge is 0.353 e. The fraction of sp³-hybridized carbons (Fsp3) is 0.423. The third kappa shape index (κ3) is 5.09. The number of carbonyl (C=O) groups excluding carboxylic acids is 1. The van der Waals surface area contributed by atoms with Crippen LogP contribution in [0.15, 0.2) is 54.7 Å². The molecule has 0 spiro atoms. The Balaban J connectivity index is 1.44. The van der Waals surface area contributed by atoms with Crippen molar-refractivity contribution in [1.82, 2.24) is 9.88 Å². The van der Waals surface area contributed by atoms with Crippen LogP contribution in [-0.2, 0) is 17.8 Å². The molecule has 29 heavy (non-hydrogen) atoms. The molecule has 3 heteroatoms. The van der Waals surface area contributed by atoms with Crippen LogP contribution in [0.4, 0.5) is 0 Å². The fourth-order valence-electron chi connectivity index (χ4n) is 4.51. The van der Waals surface area contributed by atoms with E-state index in [1.54, 1.807) is 0 Å². The van der Waals surface area contributed by atoms with Gasteiger partial charge in [0.2, 0.25) is 5.91 Å². The molecule has 0 atom stereocenters. The van der Waals surface area contributed by atoms with Gasteiger partial charge in [0.1, 0.15) is 0 Å². The normalized spacial score (nSPS) is 15.3. The number of nitrogens with zero attached hydrogens (tertiary/aromatic N) is 1. The summed E-state index contributed by atoms with van der Waals surface area (Å²) in [6.45, 7) is 2.97. The molecule has 2 aromatic carbocycles. The Labute approximate surface area is 174 Å². The van der Waals surface area contributed by atoms with Crippen molar-refractivity contribution in [3.05, 3.63) is 71.4 Å². The predicted octanol–water partition coefficient (Wildman–Crippen LogP) is 5.77. The first kappa shape index (κ1) is 19.8. The Morgan fingerprint density at radius 3 is 2.48 bits per heavy atom. The van der Waals surface area contributed by atoms with Gasteiger partial charge in [0, 0.05) is 36.1 Å². The number of nitrogens with one attached hydrogen (secondary N) is 1. The second-order valence-electron chi connectivity index (χ2n) is 8.54. The number of benzene rings is 2. The summed E-state index contributed by atoms with van der Waals surface area (Å²) in [6.07, 6.45) is 11.0. The molecule has 1 aliphatic rings. The number of carbonyl (C=O) groups is 1. The van der Waals surface area contributed by atoms with Gasteiger partial charge in [-0.3, -0.25) is 4.79 Å². The molecule has 0 saturated heterocycles. The second kappa shape index (κ2) is 9.30. The van der Waals surface area contributed by atoms with Crippen LogP contribution in [0.25, 0.3) is 10.9 Å². The van der Waals surface area contributed by atoms with E-state index in [0.717, 1.165) is 25.8 Å². The number of fused-ring (bicyclic) bond motifs is 1. The van der Waals surface area contributed by atoms with E-state index >= 15 is 0 Å². The highest BCUT2D eigenvalue weighted by atomic mass is 16.1. The molecule has 0 bridgehead atoms. The van der Waals surface area contributed by atoms with Gasteiger partial charge >= 0.3 is 0 Å². The molecule has 1 aromatic heterocycles. The summed E-state index contributed by atoms with van der Waals surface area (Å²) in [7, 11) is 0. The van der Waals surface area contributed by atoms with E-state index < -0.39 is 0 Å². The first-order valence-corrected chi connectivity index (χ1v) is 11.1. The Hall–Kier alpha value is -2.55. The lowest BCUT2D eigenvalue weighted by Gasteiger charge is -2.16. The van der Waals surface area contributed by atoms with E-state index in [1.165, 1.54) is 53.3 Å². The van der Waals surface area contributed by atoms with Gasteiger partial charge in [0.05, 0.1) is 0 Å². The zero-order valence-corrected chi connectivity index (χ0v) is 17.5. The molecule has 1 saturated carbocycles. The second-order valence-corrected chi connectivity index (χ2v) is 8.54. The zero-order valence-electron chi connectivity index (χ0n) is 17.5. The number of rotatable bonds is 6. The highest BCUT2D eigenvalue weighted by Gasteiger charge is 2.15. The van der Waals surface area contributed by atoms with Gasteiger partial charge in [0.15, 0.2) is 0 Å². The minimum absolute atomic E-state index is 0.201. The molecule has 4 rings (SSSR count). The van der Waals surface area contributed by atoms with Crippen molar-refractivity contribution in [2.75, 3.05) is 0 Å². The molecule has 1 aliphatic carbocycles. The Kier molecular flexibility index (Phi) is 6.33. The SMILES string of the molecule is Cc1ccc(Cn2cc(CCC(=O)NC3CCCCCC3)c3ccccc32)cc1. The van der Waals surface area contributed by atoms with Crippen molar-refractivity contribution < 1.29 is 4.79 Å². The molecular formula is C26H32N2O. The lowest BCUT2D eigenvalue weighted by atomic mass is 10.1. The van der Waals surface area contributed by atoms with Crippen LogP contribution < -0.4 is 5.32 Å². The summed E-state index contributed by atoms with van der Waals surface area (Å²) >= 11 is 0. The van der Waals surface area contributed by atoms with E-state index in [9.17, 15) is 4.79 Å². The topological polar surface area (TPSA) is 34.0 Å². The number of para-hydroxylation sites is 1. The van der Waals surface area contributed by atoms with Crippen LogP contribution >= 0.6 is 0 Å². The van der Waals surface area contributed by atoms with Crippen LogP contribution in [-0.4, -0.2) is 16.5 Å². The molecule has 1 heterocycles. The van der Waals surface area contributed by atoms with E-state index in [-0.39, 0.29) is 5.91 Å². The highest BCUT2D eigenvalue weighted by molar-refractivity contribution is 5.85. The maximum Gasteiger partial charge on any atom is 0.220 e. The number of aryl methyl sites for hydroxylation is 2. The first-order chi connectivity index (χ1) is 14.2. The van der Waals surface area contributed by atoms with E-state index in [0.29, 0.717) is 12.5 Å². The van der Waals surface area contributed by atoms with Crippen molar-refractivity contribution >= 4 is 16.8 Å². The van der Waals surface area contributed by atoms with Gasteiger partial charge in [0.25, 0.3) is 0 Å². The average molecular weight is 389 g/mol. The smallest absolute Gasteiger partial charge is 0.220 e. The lowest BCUT2D eigenvalue weighted by Crippen LogP contribution is -2.34. The Bertz CT molecular complexity index is 947. The third-order valence-electron chi connectivity index (χ3n) is 6.19. The van der Waals surface area contributed by atoms with Crippen LogP contribution in [0.5, 0.6) is 0 Å². The summed E-state index contributed by atoms with van der Waals surface area (Å²) in [4.78, 5) is 12.5. The highest BCUT2D eigenvalue weighted by Crippen LogP contribution is 2.24. The molecule has 3 aromatic rings. The van der Waals surface area contributed by atoms with Crippen molar-refractivity contribution in [1.29, 1.82) is 0 Å². The van der Waals surface area contributed by atoms with Crippen molar-refractivity contribution in [2.45, 2.75) is 70.9 Å². The molecule has 1 fully saturated rings. The summed E-state index contributed by atoms with van der Waals surface area (Å²) in [5.41, 5.74) is 5.09. The maximum absolute atomic E-state index is 12.5. The van der Waals surface area contributed by atoms with Crippen LogP contribution in [0.3, 0.4) is 0 Å². The Morgan fingerprint density at radius 1 is 1.00 bits per heavy atom. The number of amides is 1. The molecule has 152 valence electrons. The van der Waals surface area contributed by atoms with E-state index in [1.807, 2.05) is 0 Å². The van der Waals surface area contributed by atoms with E-state index in [4.69, 9.17) is 0 Å². The van der Waals surface area contributed by atoms with Gasteiger partial charge < -0.3 is 9.88 Å². The minimum Gasteiger partial charge on any atom is -0.353 e. The number of hydrogen-bond acceptors (Lipinski definition) is 1. The standard InChI is InChI=1S/C26H32N2O/c1-20-12-14-21(15-13-20)18-28-19-22(24-10-6-7-11-25(24)28)16-17-26(29)27-23-8-4-2-3-5-9-23/h6-7,10-15,19,23H,2-5,8-9,16-18H2,1H3,(H,27,29). The van der Waals surface area contributed by atoms with Gasteiger partial charge in [-0.05, 0) is 43.4 Å². The van der Waals surface area contributed by atoms with Gasteiger partial charge in [-0.15, -0.1) is 0 Å². The van der Waals surface area contributed by atoms with Crippen LogP contribution in [0.2, 0.25) is 0 Å². The number of hydrogen-bond donors (Lipinski definition) is 1. The number of aromatic nitrogens is 1. The van der Waals surface area contributed by atoms with Gasteiger partial charge in [-0.1, -0.05) is 73.7 Å². The maximum atomic E-state index is 12.5. The Morgan fingerprint density at radius 2 is 1.72 bits per heavy atom. The van der Waals surface area contributed by atoms with Gasteiger partial charge in [-0.25, -0.2) is 0 Å². The third-order valence-corrected chi connectivity index (χ3v) is 6.19. The average Bonchev–Trinajstić information content (AvgIpc) is 2.88.